The molecule has 0 aromatic heterocycles. The van der Waals surface area contributed by atoms with Gasteiger partial charge >= 0.3 is 98.8 Å². The first-order chi connectivity index (χ1) is 25.4. The molecule has 57 heavy (non-hydrogen) atoms. The molecule has 0 radical (unpaired) electrons. The van der Waals surface area contributed by atoms with Crippen LogP contribution in [0.15, 0.2) is 133 Å². The third-order valence-corrected chi connectivity index (χ3v) is 10.8. The van der Waals surface area contributed by atoms with Crippen LogP contribution in [0.5, 0.6) is 17.2 Å². The SMILES string of the molecule is COc1cc(N=Nc2cccc3cc(S(=O)(=O)O)cc(OS(=O)(=O)c4ccccc4)c23)c(C)cc1N=C([O-])Nc1ccc2c([O-])cc(S(=O)(=O)O)cc2c1.[Na+].[Na+].[Na+]. The molecule has 6 rings (SSSR count). The van der Waals surface area contributed by atoms with E-state index in [-0.39, 0.29) is 144 Å². The third kappa shape index (κ3) is 11.3. The Morgan fingerprint density at radius 3 is 1.95 bits per heavy atom. The molecule has 0 amide bonds. The van der Waals surface area contributed by atoms with E-state index in [4.69, 9.17) is 8.92 Å². The Bertz CT molecular complexity index is 2880. The fraction of sp³-hybridized carbons (Fsp3) is 0.0571. The van der Waals surface area contributed by atoms with Crippen molar-refractivity contribution in [2.75, 3.05) is 12.4 Å². The number of anilines is 1. The zero-order valence-corrected chi connectivity index (χ0v) is 39.3. The molecular formula is C35H26N4Na3O12S3+. The molecule has 0 saturated carbocycles. The van der Waals surface area contributed by atoms with Gasteiger partial charge in [0.2, 0.25) is 0 Å². The summed E-state index contributed by atoms with van der Waals surface area (Å²) in [5.41, 5.74) is 1.04. The number of fused-ring (bicyclic) bond motifs is 2. The van der Waals surface area contributed by atoms with E-state index in [9.17, 15) is 44.6 Å². The summed E-state index contributed by atoms with van der Waals surface area (Å²) in [4.78, 5) is 2.63. The molecule has 16 nitrogen and oxygen atoms in total. The van der Waals surface area contributed by atoms with Gasteiger partial charge in [-0.3, -0.25) is 9.11 Å². The van der Waals surface area contributed by atoms with E-state index in [1.54, 1.807) is 13.0 Å². The monoisotopic (exact) mass is 859 g/mol. The van der Waals surface area contributed by atoms with Gasteiger partial charge in [-0.05, 0) is 83.2 Å². The van der Waals surface area contributed by atoms with Crippen LogP contribution in [0.4, 0.5) is 22.7 Å². The van der Waals surface area contributed by atoms with Gasteiger partial charge in [-0.15, -0.1) is 5.11 Å². The number of amidine groups is 1. The summed E-state index contributed by atoms with van der Waals surface area (Å²) in [5.74, 6) is -0.978. The molecule has 0 atom stereocenters. The topological polar surface area (TPSA) is 257 Å². The second kappa shape index (κ2) is 19.3. The Balaban J connectivity index is 0.00000290. The molecule has 0 spiro atoms. The van der Waals surface area contributed by atoms with Gasteiger partial charge in [-0.25, -0.2) is 4.99 Å². The number of ether oxygens (including phenoxy) is 1. The zero-order valence-electron chi connectivity index (χ0n) is 30.9. The zero-order chi connectivity index (χ0) is 39.0. The third-order valence-electron chi connectivity index (χ3n) is 7.84. The minimum Gasteiger partial charge on any atom is -0.872 e. The minimum atomic E-state index is -4.79. The van der Waals surface area contributed by atoms with Crippen molar-refractivity contribution in [3.63, 3.8) is 0 Å². The Hall–Kier alpha value is -3.12. The maximum atomic E-state index is 13.2. The molecule has 0 aliphatic heterocycles. The number of hydrogen-bond acceptors (Lipinski definition) is 13. The van der Waals surface area contributed by atoms with Crippen LogP contribution in [0.25, 0.3) is 21.5 Å². The number of aliphatic imine (C=N–C) groups is 1. The van der Waals surface area contributed by atoms with E-state index < -0.39 is 57.7 Å². The summed E-state index contributed by atoms with van der Waals surface area (Å²) in [6, 6.07) is 21.7. The van der Waals surface area contributed by atoms with Crippen molar-refractivity contribution in [3.05, 3.63) is 109 Å². The summed E-state index contributed by atoms with van der Waals surface area (Å²) >= 11 is 0. The fourth-order valence-corrected chi connectivity index (χ4v) is 7.34. The van der Waals surface area contributed by atoms with Gasteiger partial charge in [0, 0.05) is 17.8 Å². The Morgan fingerprint density at radius 1 is 0.667 bits per heavy atom. The number of nitrogens with one attached hydrogen (secondary N) is 1. The van der Waals surface area contributed by atoms with Crippen LogP contribution in [0.3, 0.4) is 0 Å². The number of methoxy groups -OCH3 is 1. The molecule has 22 heteroatoms. The summed E-state index contributed by atoms with van der Waals surface area (Å²) in [7, 11) is -12.6. The van der Waals surface area contributed by atoms with Gasteiger partial charge in [0.25, 0.3) is 20.2 Å². The largest absolute Gasteiger partial charge is 1.00 e. The maximum Gasteiger partial charge on any atom is 1.00 e. The molecule has 0 heterocycles. The Labute approximate surface area is 393 Å². The number of nitrogens with zero attached hydrogens (tertiary/aromatic N) is 3. The van der Waals surface area contributed by atoms with Gasteiger partial charge < -0.3 is 24.4 Å². The van der Waals surface area contributed by atoms with Gasteiger partial charge in [0.05, 0.1) is 39.7 Å². The Kier molecular flexibility index (Phi) is 16.3. The van der Waals surface area contributed by atoms with Crippen molar-refractivity contribution < 1.29 is 142 Å². The van der Waals surface area contributed by atoms with E-state index in [0.29, 0.717) is 5.56 Å². The fourth-order valence-electron chi connectivity index (χ4n) is 5.32. The van der Waals surface area contributed by atoms with Crippen molar-refractivity contribution in [3.8, 4) is 17.2 Å². The molecule has 278 valence electrons. The molecule has 0 fully saturated rings. The quantitative estimate of drug-likeness (QED) is 0.0303. The first-order valence-corrected chi connectivity index (χ1v) is 19.6. The van der Waals surface area contributed by atoms with Crippen molar-refractivity contribution in [2.24, 2.45) is 15.2 Å². The standard InChI is InChI=1S/C35H28N4O12S3.3Na/c1-20-13-30(37-35(41)36-23-11-12-27-22(14-23)16-25(17-31(27)40)52(42,43)44)32(50-2)19-29(20)39-38-28-10-6-7-21-15-26(53(45,46)47)18-33(34(21)28)51-54(48,49)24-8-4-3-5-9-24;;;/h3-19,40H,1-2H3,(H2,36,37,41)(H,42,43,44)(H,45,46,47);;;/q;3*+1/p-2. The summed E-state index contributed by atoms with van der Waals surface area (Å²) in [6.45, 7) is 1.64. The molecule has 0 unspecified atom stereocenters. The Morgan fingerprint density at radius 2 is 1.30 bits per heavy atom. The van der Waals surface area contributed by atoms with Gasteiger partial charge in [-0.2, -0.15) is 30.4 Å². The summed E-state index contributed by atoms with van der Waals surface area (Å²) in [5, 5.41) is 36.9. The maximum absolute atomic E-state index is 13.2. The number of azo groups is 1. The van der Waals surface area contributed by atoms with E-state index >= 15 is 0 Å². The van der Waals surface area contributed by atoms with Crippen molar-refractivity contribution in [1.82, 2.24) is 0 Å². The molecule has 6 aromatic rings. The minimum absolute atomic E-state index is 0. The smallest absolute Gasteiger partial charge is 0.872 e. The number of benzene rings is 6. The average Bonchev–Trinajstić information content (AvgIpc) is 3.10. The van der Waals surface area contributed by atoms with Gasteiger partial charge in [0.1, 0.15) is 16.3 Å². The van der Waals surface area contributed by atoms with Gasteiger partial charge in [-0.1, -0.05) is 42.1 Å². The summed E-state index contributed by atoms with van der Waals surface area (Å²) < 4.78 is 104. The number of hydrogen-bond donors (Lipinski definition) is 3. The van der Waals surface area contributed by atoms with Crippen LogP contribution in [-0.2, 0) is 30.4 Å². The second-order valence-electron chi connectivity index (χ2n) is 11.5. The van der Waals surface area contributed by atoms with E-state index in [2.05, 4.69) is 20.5 Å². The first-order valence-electron chi connectivity index (χ1n) is 15.3. The van der Waals surface area contributed by atoms with Crippen LogP contribution in [0.1, 0.15) is 5.56 Å². The first kappa shape index (κ1) is 48.3. The predicted molar refractivity (Wildman–Crippen MR) is 194 cm³/mol. The van der Waals surface area contributed by atoms with Crippen LogP contribution in [0, 0.1) is 6.92 Å². The van der Waals surface area contributed by atoms with E-state index in [1.165, 1.54) is 79.9 Å². The molecule has 0 aliphatic carbocycles. The van der Waals surface area contributed by atoms with Gasteiger partial charge in [0.15, 0.2) is 5.75 Å². The normalized spacial score (nSPS) is 12.0. The van der Waals surface area contributed by atoms with E-state index in [0.717, 1.165) is 24.3 Å². The van der Waals surface area contributed by atoms with E-state index in [1.807, 2.05) is 0 Å². The van der Waals surface area contributed by atoms with Crippen LogP contribution >= 0.6 is 0 Å². The van der Waals surface area contributed by atoms with Crippen molar-refractivity contribution >= 4 is 80.7 Å². The molecule has 6 aromatic carbocycles. The second-order valence-corrected chi connectivity index (χ2v) is 15.9. The molecule has 0 aliphatic rings. The number of aryl methyl sites for hydroxylation is 1. The molecule has 0 bridgehead atoms. The van der Waals surface area contributed by atoms with Crippen molar-refractivity contribution in [2.45, 2.75) is 21.6 Å². The average molecular weight is 860 g/mol. The van der Waals surface area contributed by atoms with Crippen LogP contribution in [0.2, 0.25) is 0 Å². The predicted octanol–water partition coefficient (Wildman–Crippen LogP) is -3.47. The van der Waals surface area contributed by atoms with Crippen LogP contribution < -0.4 is 113 Å². The van der Waals surface area contributed by atoms with Crippen molar-refractivity contribution in [1.29, 1.82) is 0 Å². The molecule has 0 saturated heterocycles. The van der Waals surface area contributed by atoms with Crippen LogP contribution in [-0.4, -0.2) is 47.5 Å². The number of rotatable bonds is 10. The summed E-state index contributed by atoms with van der Waals surface area (Å²) in [6.07, 6.45) is 0. The molecule has 3 N–H and O–H groups in total. The molecular weight excluding hydrogens is 834 g/mol.